The van der Waals surface area contributed by atoms with Crippen LogP contribution >= 0.6 is 0 Å². The van der Waals surface area contributed by atoms with Crippen LogP contribution in [0.25, 0.3) is 0 Å². The van der Waals surface area contributed by atoms with E-state index in [1.807, 2.05) is 6.92 Å². The molecule has 1 rings (SSSR count). The van der Waals surface area contributed by atoms with Crippen molar-refractivity contribution in [3.8, 4) is 0 Å². The van der Waals surface area contributed by atoms with Crippen LogP contribution in [0.1, 0.15) is 39.5 Å². The monoisotopic (exact) mass is 199 g/mol. The fourth-order valence-corrected chi connectivity index (χ4v) is 2.14. The maximum atomic E-state index is 11.4. The number of nitrogens with one attached hydrogen (secondary N) is 1. The highest BCUT2D eigenvalue weighted by Crippen LogP contribution is 2.18. The third-order valence-corrected chi connectivity index (χ3v) is 3.12. The first-order chi connectivity index (χ1) is 6.66. The van der Waals surface area contributed by atoms with Crippen LogP contribution in [-0.4, -0.2) is 29.4 Å². The molecule has 2 unspecified atom stereocenters. The van der Waals surface area contributed by atoms with Crippen molar-refractivity contribution >= 4 is 5.91 Å². The molecule has 1 aliphatic heterocycles. The molecule has 1 heterocycles. The summed E-state index contributed by atoms with van der Waals surface area (Å²) in [6.45, 7) is 5.12. The minimum Gasteiger partial charge on any atom is -0.293 e. The number of hydrogen-bond acceptors (Lipinski definition) is 3. The summed E-state index contributed by atoms with van der Waals surface area (Å²) in [6, 6.07) is 0.387. The molecular formula is C10H21N3O. The number of nitrogens with zero attached hydrogens (tertiary/aromatic N) is 1. The van der Waals surface area contributed by atoms with Crippen molar-refractivity contribution in [3.05, 3.63) is 0 Å². The van der Waals surface area contributed by atoms with Gasteiger partial charge in [-0.1, -0.05) is 12.8 Å². The molecule has 0 spiro atoms. The van der Waals surface area contributed by atoms with E-state index in [1.165, 1.54) is 25.7 Å². The van der Waals surface area contributed by atoms with Gasteiger partial charge >= 0.3 is 0 Å². The van der Waals surface area contributed by atoms with E-state index in [0.29, 0.717) is 6.04 Å². The molecule has 1 amide bonds. The van der Waals surface area contributed by atoms with E-state index in [0.717, 1.165) is 6.54 Å². The highest BCUT2D eigenvalue weighted by atomic mass is 16.2. The van der Waals surface area contributed by atoms with Gasteiger partial charge in [-0.2, -0.15) is 0 Å². The average Bonchev–Trinajstić information content (AvgIpc) is 2.40. The van der Waals surface area contributed by atoms with Crippen molar-refractivity contribution in [1.29, 1.82) is 0 Å². The van der Waals surface area contributed by atoms with Gasteiger partial charge in [0.05, 0.1) is 6.04 Å². The van der Waals surface area contributed by atoms with Gasteiger partial charge in [-0.3, -0.25) is 15.1 Å². The number of nitrogens with two attached hydrogens (primary N) is 1. The Morgan fingerprint density at radius 1 is 1.50 bits per heavy atom. The van der Waals surface area contributed by atoms with Gasteiger partial charge in [0.1, 0.15) is 0 Å². The molecule has 1 aliphatic rings. The maximum Gasteiger partial charge on any atom is 0.250 e. The Morgan fingerprint density at radius 3 is 2.86 bits per heavy atom. The Balaban J connectivity index is 2.58. The first-order valence-electron chi connectivity index (χ1n) is 5.43. The first kappa shape index (κ1) is 11.5. The summed E-state index contributed by atoms with van der Waals surface area (Å²) < 4.78 is 0. The molecule has 0 aromatic carbocycles. The number of likely N-dealkylation sites (tertiary alicyclic amines) is 1. The molecule has 1 saturated heterocycles. The quantitative estimate of drug-likeness (QED) is 0.389. The number of rotatable bonds is 2. The number of carbonyl (C=O) groups excluding carboxylic acids is 1. The summed E-state index contributed by atoms with van der Waals surface area (Å²) >= 11 is 0. The third-order valence-electron chi connectivity index (χ3n) is 3.12. The van der Waals surface area contributed by atoms with Crippen LogP contribution in [0.2, 0.25) is 0 Å². The summed E-state index contributed by atoms with van der Waals surface area (Å²) in [5.41, 5.74) is 2.22. The van der Waals surface area contributed by atoms with E-state index in [4.69, 9.17) is 5.84 Å². The fraction of sp³-hybridized carbons (Fsp3) is 0.900. The number of amides is 1. The second kappa shape index (κ2) is 5.32. The van der Waals surface area contributed by atoms with E-state index in [-0.39, 0.29) is 11.9 Å². The number of hydrazine groups is 1. The largest absolute Gasteiger partial charge is 0.293 e. The maximum absolute atomic E-state index is 11.4. The van der Waals surface area contributed by atoms with Gasteiger partial charge in [0.25, 0.3) is 5.91 Å². The summed E-state index contributed by atoms with van der Waals surface area (Å²) in [5, 5.41) is 0. The van der Waals surface area contributed by atoms with E-state index in [2.05, 4.69) is 17.2 Å². The van der Waals surface area contributed by atoms with Crippen LogP contribution in [0.15, 0.2) is 0 Å². The molecule has 0 aromatic rings. The molecule has 4 nitrogen and oxygen atoms in total. The van der Waals surface area contributed by atoms with Crippen LogP contribution in [-0.2, 0) is 4.79 Å². The molecule has 4 heteroatoms. The lowest BCUT2D eigenvalue weighted by Gasteiger charge is -2.31. The molecule has 14 heavy (non-hydrogen) atoms. The van der Waals surface area contributed by atoms with Gasteiger partial charge in [-0.25, -0.2) is 5.84 Å². The van der Waals surface area contributed by atoms with Gasteiger partial charge in [-0.15, -0.1) is 0 Å². The van der Waals surface area contributed by atoms with Crippen molar-refractivity contribution in [1.82, 2.24) is 10.3 Å². The van der Waals surface area contributed by atoms with Gasteiger partial charge in [0.15, 0.2) is 0 Å². The standard InChI is InChI=1S/C10H21N3O/c1-8-6-4-3-5-7-13(8)9(2)10(14)12-11/h8-9H,3-7,11H2,1-2H3,(H,12,14). The molecule has 0 saturated carbocycles. The van der Waals surface area contributed by atoms with Crippen LogP contribution in [0.3, 0.4) is 0 Å². The van der Waals surface area contributed by atoms with Crippen molar-refractivity contribution in [2.75, 3.05) is 6.54 Å². The Hall–Kier alpha value is -0.610. The van der Waals surface area contributed by atoms with Crippen molar-refractivity contribution < 1.29 is 4.79 Å². The van der Waals surface area contributed by atoms with Crippen LogP contribution in [0.5, 0.6) is 0 Å². The topological polar surface area (TPSA) is 58.4 Å². The molecule has 2 atom stereocenters. The van der Waals surface area contributed by atoms with Gasteiger partial charge in [-0.05, 0) is 33.2 Å². The minimum absolute atomic E-state index is 0.0845. The SMILES string of the molecule is CC1CCCCCN1C(C)C(=O)NN. The van der Waals surface area contributed by atoms with Crippen LogP contribution in [0.4, 0.5) is 0 Å². The number of hydrogen-bond donors (Lipinski definition) is 2. The normalized spacial score (nSPS) is 26.6. The second-order valence-corrected chi connectivity index (χ2v) is 4.12. The fourth-order valence-electron chi connectivity index (χ4n) is 2.14. The lowest BCUT2D eigenvalue weighted by molar-refractivity contribution is -0.126. The van der Waals surface area contributed by atoms with E-state index in [1.54, 1.807) is 0 Å². The van der Waals surface area contributed by atoms with Crippen molar-refractivity contribution in [2.24, 2.45) is 5.84 Å². The van der Waals surface area contributed by atoms with E-state index >= 15 is 0 Å². The molecule has 0 aliphatic carbocycles. The first-order valence-corrected chi connectivity index (χ1v) is 5.43. The molecule has 0 bridgehead atoms. The minimum atomic E-state index is -0.104. The zero-order valence-corrected chi connectivity index (χ0v) is 9.12. The van der Waals surface area contributed by atoms with Gasteiger partial charge < -0.3 is 0 Å². The molecule has 0 aromatic heterocycles. The summed E-state index contributed by atoms with van der Waals surface area (Å²) in [7, 11) is 0. The predicted octanol–water partition coefficient (Wildman–Crippen LogP) is 0.629. The zero-order valence-electron chi connectivity index (χ0n) is 9.12. The van der Waals surface area contributed by atoms with Crippen LogP contribution < -0.4 is 11.3 Å². The van der Waals surface area contributed by atoms with Crippen LogP contribution in [0, 0.1) is 0 Å². The van der Waals surface area contributed by atoms with Gasteiger partial charge in [0, 0.05) is 6.04 Å². The predicted molar refractivity (Wildman–Crippen MR) is 56.4 cm³/mol. The third kappa shape index (κ3) is 2.69. The molecule has 1 fully saturated rings. The Morgan fingerprint density at radius 2 is 2.21 bits per heavy atom. The van der Waals surface area contributed by atoms with Gasteiger partial charge in [0.2, 0.25) is 0 Å². The molecule has 0 radical (unpaired) electrons. The van der Waals surface area contributed by atoms with Crippen molar-refractivity contribution in [2.45, 2.75) is 51.6 Å². The number of carbonyl (C=O) groups is 1. The van der Waals surface area contributed by atoms with E-state index in [9.17, 15) is 4.79 Å². The summed E-state index contributed by atoms with van der Waals surface area (Å²) in [5.74, 6) is 5.05. The lowest BCUT2D eigenvalue weighted by atomic mass is 10.1. The average molecular weight is 199 g/mol. The van der Waals surface area contributed by atoms with E-state index < -0.39 is 0 Å². The highest BCUT2D eigenvalue weighted by Gasteiger charge is 2.25. The summed E-state index contributed by atoms with van der Waals surface area (Å²) in [6.07, 6.45) is 4.92. The zero-order chi connectivity index (χ0) is 10.6. The Bertz CT molecular complexity index is 196. The Labute approximate surface area is 85.8 Å². The Kier molecular flexibility index (Phi) is 4.35. The lowest BCUT2D eigenvalue weighted by Crippen LogP contribution is -2.50. The highest BCUT2D eigenvalue weighted by molar-refractivity contribution is 5.80. The summed E-state index contributed by atoms with van der Waals surface area (Å²) in [4.78, 5) is 13.6. The smallest absolute Gasteiger partial charge is 0.250 e. The molecule has 3 N–H and O–H groups in total. The molecular weight excluding hydrogens is 178 g/mol. The molecule has 82 valence electrons. The second-order valence-electron chi connectivity index (χ2n) is 4.12. The van der Waals surface area contributed by atoms with Crippen molar-refractivity contribution in [3.63, 3.8) is 0 Å².